The molecule has 0 spiro atoms. The summed E-state index contributed by atoms with van der Waals surface area (Å²) in [5, 5.41) is 3.21. The Morgan fingerprint density at radius 2 is 1.61 bits per heavy atom. The van der Waals surface area contributed by atoms with E-state index in [9.17, 15) is 18.0 Å². The second kappa shape index (κ2) is 9.24. The van der Waals surface area contributed by atoms with E-state index in [1.54, 1.807) is 17.0 Å². The van der Waals surface area contributed by atoms with Crippen LogP contribution in [0.2, 0.25) is 5.02 Å². The molecular weight excluding hydrogens is 402 g/mol. The van der Waals surface area contributed by atoms with Gasteiger partial charge in [0.05, 0.1) is 11.4 Å². The summed E-state index contributed by atoms with van der Waals surface area (Å²) in [5.74, 6) is -0.490. The minimum Gasteiger partial charge on any atom is -0.347 e. The van der Waals surface area contributed by atoms with Crippen LogP contribution < -0.4 is 5.32 Å². The number of hydrogen-bond acceptors (Lipinski definition) is 4. The van der Waals surface area contributed by atoms with Gasteiger partial charge in [0.15, 0.2) is 0 Å². The number of carbonyl (C=O) groups is 2. The van der Waals surface area contributed by atoms with Gasteiger partial charge in [-0.2, -0.15) is 4.31 Å². The first kappa shape index (κ1) is 21.1. The molecule has 0 aliphatic carbocycles. The number of nitrogens with one attached hydrogen (secondary N) is 1. The van der Waals surface area contributed by atoms with Crippen molar-refractivity contribution >= 4 is 33.4 Å². The Labute approximate surface area is 171 Å². The van der Waals surface area contributed by atoms with Crippen molar-refractivity contribution < 1.29 is 18.0 Å². The van der Waals surface area contributed by atoms with E-state index in [4.69, 9.17) is 11.6 Å². The lowest BCUT2D eigenvalue weighted by Crippen LogP contribution is -2.46. The fourth-order valence-electron chi connectivity index (χ4n) is 3.68. The van der Waals surface area contributed by atoms with E-state index in [1.807, 2.05) is 0 Å². The lowest BCUT2D eigenvalue weighted by molar-refractivity contribution is -0.134. The third kappa shape index (κ3) is 5.04. The molecule has 9 heteroatoms. The molecule has 154 valence electrons. The first-order chi connectivity index (χ1) is 13.4. The van der Waals surface area contributed by atoms with Crippen LogP contribution in [0.25, 0.3) is 0 Å². The van der Waals surface area contributed by atoms with E-state index in [0.717, 1.165) is 32.4 Å². The van der Waals surface area contributed by atoms with Crippen molar-refractivity contribution in [3.8, 4) is 0 Å². The maximum absolute atomic E-state index is 12.7. The number of nitrogens with zero attached hydrogens (tertiary/aromatic N) is 2. The molecule has 1 N–H and O–H groups in total. The zero-order valence-electron chi connectivity index (χ0n) is 15.8. The highest BCUT2D eigenvalue weighted by Crippen LogP contribution is 2.24. The van der Waals surface area contributed by atoms with Crippen LogP contribution in [0.15, 0.2) is 29.2 Å². The monoisotopic (exact) mass is 427 g/mol. The first-order valence-corrected chi connectivity index (χ1v) is 11.5. The molecule has 2 aliphatic rings. The number of likely N-dealkylation sites (tertiary alicyclic amines) is 1. The van der Waals surface area contributed by atoms with Crippen LogP contribution in [-0.2, 0) is 19.6 Å². The minimum atomic E-state index is -3.59. The lowest BCUT2D eigenvalue weighted by Gasteiger charge is -2.31. The Morgan fingerprint density at radius 1 is 1.00 bits per heavy atom. The summed E-state index contributed by atoms with van der Waals surface area (Å²) in [5.41, 5.74) is 0. The summed E-state index contributed by atoms with van der Waals surface area (Å²) in [6, 6.07) is 6.08. The van der Waals surface area contributed by atoms with Crippen LogP contribution in [-0.4, -0.2) is 62.2 Å². The van der Waals surface area contributed by atoms with Crippen molar-refractivity contribution in [3.63, 3.8) is 0 Å². The maximum atomic E-state index is 12.7. The summed E-state index contributed by atoms with van der Waals surface area (Å²) in [6.45, 7) is 2.10. The van der Waals surface area contributed by atoms with Gasteiger partial charge in [-0.3, -0.25) is 9.59 Å². The first-order valence-electron chi connectivity index (χ1n) is 9.69. The van der Waals surface area contributed by atoms with Crippen molar-refractivity contribution in [2.75, 3.05) is 32.7 Å². The molecule has 0 aromatic heterocycles. The van der Waals surface area contributed by atoms with Gasteiger partial charge < -0.3 is 10.2 Å². The van der Waals surface area contributed by atoms with Crippen molar-refractivity contribution in [2.24, 2.45) is 5.92 Å². The zero-order valence-corrected chi connectivity index (χ0v) is 17.3. The molecule has 0 radical (unpaired) electrons. The highest BCUT2D eigenvalue weighted by atomic mass is 35.5. The lowest BCUT2D eigenvalue weighted by atomic mass is 9.97. The van der Waals surface area contributed by atoms with Crippen LogP contribution in [0.5, 0.6) is 0 Å². The second-order valence-corrected chi connectivity index (χ2v) is 9.67. The third-order valence-electron chi connectivity index (χ3n) is 5.40. The van der Waals surface area contributed by atoms with E-state index in [-0.39, 0.29) is 42.3 Å². The van der Waals surface area contributed by atoms with E-state index < -0.39 is 10.0 Å². The van der Waals surface area contributed by atoms with E-state index >= 15 is 0 Å². The predicted molar refractivity (Wildman–Crippen MR) is 106 cm³/mol. The fraction of sp³-hybridized carbons (Fsp3) is 0.579. The number of hydrogen-bond donors (Lipinski definition) is 1. The molecule has 2 saturated heterocycles. The quantitative estimate of drug-likeness (QED) is 0.777. The largest absolute Gasteiger partial charge is 0.347 e. The molecule has 7 nitrogen and oxygen atoms in total. The highest BCUT2D eigenvalue weighted by molar-refractivity contribution is 7.89. The highest BCUT2D eigenvalue weighted by Gasteiger charge is 2.32. The summed E-state index contributed by atoms with van der Waals surface area (Å²) in [7, 11) is -3.59. The SMILES string of the molecule is O=C(NCC(=O)N1CCCCC1)C1CCN(S(=O)(=O)c2ccc(Cl)cc2)CC1. The molecule has 3 rings (SSSR count). The maximum Gasteiger partial charge on any atom is 0.243 e. The van der Waals surface area contributed by atoms with Crippen LogP contribution in [0.1, 0.15) is 32.1 Å². The van der Waals surface area contributed by atoms with E-state index in [1.165, 1.54) is 16.4 Å². The van der Waals surface area contributed by atoms with Crippen LogP contribution in [0.4, 0.5) is 0 Å². The number of carbonyl (C=O) groups excluding carboxylic acids is 2. The second-order valence-electron chi connectivity index (χ2n) is 7.29. The van der Waals surface area contributed by atoms with Gasteiger partial charge in [0.2, 0.25) is 21.8 Å². The van der Waals surface area contributed by atoms with E-state index in [0.29, 0.717) is 17.9 Å². The number of sulfonamides is 1. The van der Waals surface area contributed by atoms with Crippen LogP contribution >= 0.6 is 11.6 Å². The Morgan fingerprint density at radius 3 is 2.21 bits per heavy atom. The normalized spacial score (nSPS) is 19.4. The van der Waals surface area contributed by atoms with E-state index in [2.05, 4.69) is 5.32 Å². The molecule has 28 heavy (non-hydrogen) atoms. The topological polar surface area (TPSA) is 86.8 Å². The standard InChI is InChI=1S/C19H26ClN3O4S/c20-16-4-6-17(7-5-16)28(26,27)23-12-8-15(9-13-23)19(25)21-14-18(24)22-10-2-1-3-11-22/h4-7,15H,1-3,8-14H2,(H,21,25). The third-order valence-corrected chi connectivity index (χ3v) is 7.56. The van der Waals surface area contributed by atoms with Crippen molar-refractivity contribution in [1.82, 2.24) is 14.5 Å². The van der Waals surface area contributed by atoms with Gasteiger partial charge in [0, 0.05) is 37.1 Å². The van der Waals surface area contributed by atoms with Gasteiger partial charge in [0.1, 0.15) is 0 Å². The molecule has 0 bridgehead atoms. The Kier molecular flexibility index (Phi) is 6.95. The van der Waals surface area contributed by atoms with Crippen molar-refractivity contribution in [2.45, 2.75) is 37.0 Å². The number of piperidine rings is 2. The summed E-state index contributed by atoms with van der Waals surface area (Å²) in [6.07, 6.45) is 4.06. The number of benzene rings is 1. The molecule has 2 fully saturated rings. The molecule has 1 aromatic rings. The minimum absolute atomic E-state index is 0.0160. The average Bonchev–Trinajstić information content (AvgIpc) is 2.73. The van der Waals surface area contributed by atoms with Gasteiger partial charge in [-0.25, -0.2) is 8.42 Å². The predicted octanol–water partition coefficient (Wildman–Crippen LogP) is 1.87. The molecule has 2 heterocycles. The summed E-state index contributed by atoms with van der Waals surface area (Å²) in [4.78, 5) is 26.5. The summed E-state index contributed by atoms with van der Waals surface area (Å²) < 4.78 is 26.8. The Bertz CT molecular complexity index is 799. The molecule has 0 atom stereocenters. The Balaban J connectivity index is 1.48. The van der Waals surface area contributed by atoms with Crippen LogP contribution in [0.3, 0.4) is 0 Å². The molecule has 1 aromatic carbocycles. The van der Waals surface area contributed by atoms with Gasteiger partial charge in [-0.1, -0.05) is 11.6 Å². The molecule has 0 saturated carbocycles. The van der Waals surface area contributed by atoms with Crippen LogP contribution in [0, 0.1) is 5.92 Å². The number of rotatable bonds is 5. The van der Waals surface area contributed by atoms with Gasteiger partial charge in [-0.15, -0.1) is 0 Å². The van der Waals surface area contributed by atoms with Gasteiger partial charge >= 0.3 is 0 Å². The number of amides is 2. The average molecular weight is 428 g/mol. The smallest absolute Gasteiger partial charge is 0.243 e. The van der Waals surface area contributed by atoms with Gasteiger partial charge in [0.25, 0.3) is 0 Å². The van der Waals surface area contributed by atoms with Gasteiger partial charge in [-0.05, 0) is 56.4 Å². The fourth-order valence-corrected chi connectivity index (χ4v) is 5.27. The summed E-state index contributed by atoms with van der Waals surface area (Å²) >= 11 is 5.82. The van der Waals surface area contributed by atoms with Crippen molar-refractivity contribution in [3.05, 3.63) is 29.3 Å². The zero-order chi connectivity index (χ0) is 20.1. The van der Waals surface area contributed by atoms with Crippen molar-refractivity contribution in [1.29, 1.82) is 0 Å². The number of halogens is 1. The molecular formula is C19H26ClN3O4S. The molecule has 2 amide bonds. The Hall–Kier alpha value is -1.64. The molecule has 0 unspecified atom stereocenters. The molecule has 2 aliphatic heterocycles.